The molecule has 3 aliphatic heterocycles. The monoisotopic (exact) mass is 465 g/mol. The van der Waals surface area contributed by atoms with E-state index in [0.29, 0.717) is 31.2 Å². The highest BCUT2D eigenvalue weighted by Crippen LogP contribution is 2.45. The number of rotatable bonds is 4. The minimum atomic E-state index is -0.111. The van der Waals surface area contributed by atoms with Crippen LogP contribution in [-0.4, -0.2) is 71.6 Å². The summed E-state index contributed by atoms with van der Waals surface area (Å²) >= 11 is 0. The molecule has 1 aromatic rings. The Labute approximate surface area is 203 Å². The summed E-state index contributed by atoms with van der Waals surface area (Å²) < 4.78 is 5.50. The molecule has 3 unspecified atom stereocenters. The van der Waals surface area contributed by atoms with Crippen molar-refractivity contribution in [3.05, 3.63) is 48.0 Å². The minimum absolute atomic E-state index is 0.0331. The summed E-state index contributed by atoms with van der Waals surface area (Å²) in [6.07, 6.45) is 8.91. The second kappa shape index (κ2) is 9.73. The molecule has 0 bridgehead atoms. The van der Waals surface area contributed by atoms with Crippen LogP contribution in [0.3, 0.4) is 0 Å². The molecule has 2 amide bonds. The predicted molar refractivity (Wildman–Crippen MR) is 132 cm³/mol. The molecule has 184 valence electrons. The number of benzene rings is 1. The van der Waals surface area contributed by atoms with E-state index in [9.17, 15) is 9.59 Å². The molecule has 3 fully saturated rings. The van der Waals surface area contributed by atoms with Crippen LogP contribution in [0, 0.1) is 5.92 Å². The lowest BCUT2D eigenvalue weighted by Crippen LogP contribution is -2.54. The van der Waals surface area contributed by atoms with Crippen LogP contribution in [0.25, 0.3) is 0 Å². The van der Waals surface area contributed by atoms with Crippen molar-refractivity contribution in [2.24, 2.45) is 5.92 Å². The maximum Gasteiger partial charge on any atom is 0.410 e. The van der Waals surface area contributed by atoms with Crippen LogP contribution in [0.4, 0.5) is 4.79 Å². The Morgan fingerprint density at radius 3 is 2.74 bits per heavy atom. The molecule has 6 heteroatoms. The number of piperidine rings is 2. The molecule has 3 atom stereocenters. The predicted octanol–water partition coefficient (Wildman–Crippen LogP) is 4.34. The third-order valence-corrected chi connectivity index (χ3v) is 8.87. The Bertz CT molecular complexity index is 923. The average molecular weight is 466 g/mol. The van der Waals surface area contributed by atoms with Gasteiger partial charge >= 0.3 is 6.09 Å². The zero-order chi connectivity index (χ0) is 23.7. The minimum Gasteiger partial charge on any atom is -0.449 e. The number of hydrogen-bond donors (Lipinski definition) is 0. The molecule has 6 nitrogen and oxygen atoms in total. The maximum absolute atomic E-state index is 12.7. The van der Waals surface area contributed by atoms with Gasteiger partial charge in [-0.25, -0.2) is 4.79 Å². The zero-order valence-corrected chi connectivity index (χ0v) is 20.6. The summed E-state index contributed by atoms with van der Waals surface area (Å²) in [5, 5.41) is 0. The van der Waals surface area contributed by atoms with Gasteiger partial charge in [0, 0.05) is 37.1 Å². The first-order chi connectivity index (χ1) is 16.5. The molecule has 1 spiro atoms. The van der Waals surface area contributed by atoms with Crippen molar-refractivity contribution in [1.29, 1.82) is 0 Å². The Balaban J connectivity index is 1.27. The van der Waals surface area contributed by atoms with Crippen molar-refractivity contribution in [2.45, 2.75) is 75.9 Å². The molecule has 4 aliphatic rings. The Hall–Kier alpha value is -2.34. The number of fused-ring (bicyclic) bond motifs is 3. The van der Waals surface area contributed by atoms with Gasteiger partial charge in [-0.2, -0.15) is 0 Å². The fourth-order valence-electron chi connectivity index (χ4n) is 7.17. The van der Waals surface area contributed by atoms with Crippen LogP contribution in [-0.2, 0) is 21.5 Å². The van der Waals surface area contributed by atoms with E-state index in [2.05, 4.69) is 35.7 Å². The molecule has 0 radical (unpaired) electrons. The van der Waals surface area contributed by atoms with Gasteiger partial charge in [-0.3, -0.25) is 4.79 Å². The number of carbonyl (C=O) groups excluding carboxylic acids is 2. The van der Waals surface area contributed by atoms with Gasteiger partial charge in [0.05, 0.1) is 6.61 Å². The summed E-state index contributed by atoms with van der Waals surface area (Å²) in [5.74, 6) is 0.631. The fraction of sp³-hybridized carbons (Fsp3) is 0.643. The van der Waals surface area contributed by atoms with Crippen molar-refractivity contribution in [1.82, 2.24) is 14.7 Å². The van der Waals surface area contributed by atoms with Crippen LogP contribution in [0.5, 0.6) is 0 Å². The summed E-state index contributed by atoms with van der Waals surface area (Å²) in [7, 11) is 0. The lowest BCUT2D eigenvalue weighted by molar-refractivity contribution is -0.128. The molecule has 34 heavy (non-hydrogen) atoms. The van der Waals surface area contributed by atoms with Crippen molar-refractivity contribution in [2.75, 3.05) is 32.8 Å². The van der Waals surface area contributed by atoms with E-state index in [-0.39, 0.29) is 17.4 Å². The van der Waals surface area contributed by atoms with E-state index in [0.717, 1.165) is 58.3 Å². The number of likely N-dealkylation sites (tertiary alicyclic amines) is 2. The second-order valence-electron chi connectivity index (χ2n) is 10.8. The van der Waals surface area contributed by atoms with E-state index >= 15 is 0 Å². The van der Waals surface area contributed by atoms with Gasteiger partial charge in [0.15, 0.2) is 0 Å². The maximum atomic E-state index is 12.7. The van der Waals surface area contributed by atoms with E-state index in [4.69, 9.17) is 4.74 Å². The summed E-state index contributed by atoms with van der Waals surface area (Å²) in [6, 6.07) is 9.56. The Morgan fingerprint density at radius 1 is 1.18 bits per heavy atom. The number of amides is 2. The fourth-order valence-corrected chi connectivity index (χ4v) is 7.17. The van der Waals surface area contributed by atoms with Gasteiger partial charge in [-0.15, -0.1) is 0 Å². The lowest BCUT2D eigenvalue weighted by Gasteiger charge is -2.49. The molecule has 0 N–H and O–H groups in total. The largest absolute Gasteiger partial charge is 0.449 e. The highest BCUT2D eigenvalue weighted by Gasteiger charge is 2.47. The topological polar surface area (TPSA) is 53.1 Å². The van der Waals surface area contributed by atoms with Crippen LogP contribution in [0.1, 0.15) is 63.0 Å². The standard InChI is InChI=1S/C28H39N3O3/c1-3-16-34-27(33)31-13-7-9-21-17-23(18-25(21)31)29-14-11-28(12-15-29)20-30(26(32)4-2)19-22-8-5-6-10-24(22)28/h4-6,8,10,21,23,25H,2-3,7,9,11-20H2,1H3. The first-order valence-electron chi connectivity index (χ1n) is 13.2. The molecule has 1 aromatic carbocycles. The molecule has 3 heterocycles. The van der Waals surface area contributed by atoms with E-state index in [1.54, 1.807) is 0 Å². The van der Waals surface area contributed by atoms with E-state index in [1.165, 1.54) is 30.0 Å². The van der Waals surface area contributed by atoms with Gasteiger partial charge in [-0.1, -0.05) is 37.8 Å². The molecule has 0 aromatic heterocycles. The quantitative estimate of drug-likeness (QED) is 0.621. The van der Waals surface area contributed by atoms with Crippen molar-refractivity contribution in [3.8, 4) is 0 Å². The number of ether oxygens (including phenoxy) is 1. The molecule has 1 aliphatic carbocycles. The van der Waals surface area contributed by atoms with Gasteiger partial charge in [0.25, 0.3) is 0 Å². The molecule has 2 saturated heterocycles. The number of carbonyl (C=O) groups is 2. The van der Waals surface area contributed by atoms with Gasteiger partial charge in [0.2, 0.25) is 5.91 Å². The van der Waals surface area contributed by atoms with Crippen LogP contribution in [0.2, 0.25) is 0 Å². The van der Waals surface area contributed by atoms with Crippen LogP contribution < -0.4 is 0 Å². The van der Waals surface area contributed by atoms with Gasteiger partial charge in [-0.05, 0) is 81.2 Å². The lowest BCUT2D eigenvalue weighted by atomic mass is 9.68. The zero-order valence-electron chi connectivity index (χ0n) is 20.6. The number of hydrogen-bond acceptors (Lipinski definition) is 4. The van der Waals surface area contributed by atoms with Gasteiger partial charge in [0.1, 0.15) is 0 Å². The van der Waals surface area contributed by atoms with Crippen molar-refractivity contribution >= 4 is 12.0 Å². The summed E-state index contributed by atoms with van der Waals surface area (Å²) in [6.45, 7) is 10.7. The smallest absolute Gasteiger partial charge is 0.410 e. The SMILES string of the molecule is C=CC(=O)N1Cc2ccccc2C2(CCN(C3CC4CCCN(C(=O)OCCC)C4C3)CC2)C1. The Kier molecular flexibility index (Phi) is 6.70. The summed E-state index contributed by atoms with van der Waals surface area (Å²) in [4.78, 5) is 31.9. The summed E-state index contributed by atoms with van der Waals surface area (Å²) in [5.41, 5.74) is 2.75. The average Bonchev–Trinajstić information content (AvgIpc) is 3.31. The second-order valence-corrected chi connectivity index (χ2v) is 10.8. The van der Waals surface area contributed by atoms with E-state index in [1.807, 2.05) is 16.7 Å². The highest BCUT2D eigenvalue weighted by atomic mass is 16.6. The first kappa shape index (κ1) is 23.4. The number of nitrogens with zero attached hydrogens (tertiary/aromatic N) is 3. The molecular weight excluding hydrogens is 426 g/mol. The third-order valence-electron chi connectivity index (χ3n) is 8.87. The molecular formula is C28H39N3O3. The highest BCUT2D eigenvalue weighted by molar-refractivity contribution is 5.87. The third kappa shape index (κ3) is 4.26. The van der Waals surface area contributed by atoms with Crippen LogP contribution in [0.15, 0.2) is 36.9 Å². The van der Waals surface area contributed by atoms with Crippen molar-refractivity contribution < 1.29 is 14.3 Å². The molecule has 5 rings (SSSR count). The van der Waals surface area contributed by atoms with Crippen molar-refractivity contribution in [3.63, 3.8) is 0 Å². The normalized spacial score (nSPS) is 28.3. The first-order valence-corrected chi connectivity index (χ1v) is 13.2. The molecule has 1 saturated carbocycles. The Morgan fingerprint density at radius 2 is 1.97 bits per heavy atom. The van der Waals surface area contributed by atoms with Gasteiger partial charge < -0.3 is 19.4 Å². The van der Waals surface area contributed by atoms with E-state index < -0.39 is 0 Å². The van der Waals surface area contributed by atoms with Crippen LogP contribution >= 0.6 is 0 Å².